The molecule has 4 heteroatoms. The number of hydrogen-bond acceptors (Lipinski definition) is 4. The summed E-state index contributed by atoms with van der Waals surface area (Å²) in [7, 11) is 0. The Labute approximate surface area is 130 Å². The van der Waals surface area contributed by atoms with Gasteiger partial charge in [-0.05, 0) is 36.8 Å². The molecule has 112 valence electrons. The molecule has 3 rings (SSSR count). The second kappa shape index (κ2) is 6.24. The number of aromatic nitrogens is 2. The molecular weight excluding hydrogens is 278 g/mol. The van der Waals surface area contributed by atoms with Gasteiger partial charge in [0.15, 0.2) is 0 Å². The third kappa shape index (κ3) is 3.33. The van der Waals surface area contributed by atoms with Crippen LogP contribution in [0.3, 0.4) is 0 Å². The van der Waals surface area contributed by atoms with Crippen LogP contribution >= 0.6 is 11.3 Å². The van der Waals surface area contributed by atoms with Crippen molar-refractivity contribution in [3.8, 4) is 10.7 Å². The van der Waals surface area contributed by atoms with E-state index in [1.165, 1.54) is 29.0 Å². The van der Waals surface area contributed by atoms with Crippen molar-refractivity contribution in [3.63, 3.8) is 0 Å². The van der Waals surface area contributed by atoms with Crippen LogP contribution in [0.4, 0.5) is 0 Å². The standard InChI is InChI=1S/C17H23N3S/c1-4-12-6-5-9-18-16(12)17-20-15(11(2)3)14(21-17)10-19-13-7-8-13/h5-6,9,11,13,19H,4,7-8,10H2,1-3H3. The first kappa shape index (κ1) is 14.7. The Bertz CT molecular complexity index is 614. The van der Waals surface area contributed by atoms with Crippen LogP contribution in [0.5, 0.6) is 0 Å². The van der Waals surface area contributed by atoms with Gasteiger partial charge in [0.05, 0.1) is 5.69 Å². The molecule has 0 atom stereocenters. The summed E-state index contributed by atoms with van der Waals surface area (Å²) < 4.78 is 0. The van der Waals surface area contributed by atoms with Gasteiger partial charge in [-0.2, -0.15) is 0 Å². The number of aryl methyl sites for hydroxylation is 1. The van der Waals surface area contributed by atoms with Crippen LogP contribution in [-0.4, -0.2) is 16.0 Å². The van der Waals surface area contributed by atoms with Crippen LogP contribution in [0.25, 0.3) is 10.7 Å². The predicted molar refractivity (Wildman–Crippen MR) is 88.7 cm³/mol. The van der Waals surface area contributed by atoms with Gasteiger partial charge in [0.1, 0.15) is 10.7 Å². The third-order valence-corrected chi connectivity index (χ3v) is 4.96. The normalized spacial score (nSPS) is 14.9. The number of pyridine rings is 1. The minimum absolute atomic E-state index is 0.458. The van der Waals surface area contributed by atoms with E-state index in [1.54, 1.807) is 11.3 Å². The lowest BCUT2D eigenvalue weighted by Gasteiger charge is -2.05. The highest BCUT2D eigenvalue weighted by atomic mass is 32.1. The zero-order chi connectivity index (χ0) is 14.8. The van der Waals surface area contributed by atoms with E-state index in [0.717, 1.165) is 29.7 Å². The Morgan fingerprint density at radius 3 is 2.86 bits per heavy atom. The van der Waals surface area contributed by atoms with Crippen LogP contribution in [0.15, 0.2) is 18.3 Å². The fourth-order valence-electron chi connectivity index (χ4n) is 2.48. The number of hydrogen-bond donors (Lipinski definition) is 1. The van der Waals surface area contributed by atoms with Gasteiger partial charge in [0, 0.05) is 23.7 Å². The van der Waals surface area contributed by atoms with Crippen molar-refractivity contribution >= 4 is 11.3 Å². The van der Waals surface area contributed by atoms with Crippen molar-refractivity contribution in [2.75, 3.05) is 0 Å². The van der Waals surface area contributed by atoms with E-state index in [1.807, 2.05) is 12.3 Å². The smallest absolute Gasteiger partial charge is 0.142 e. The SMILES string of the molecule is CCc1cccnc1-c1nc(C(C)C)c(CNC2CC2)s1. The van der Waals surface area contributed by atoms with E-state index in [0.29, 0.717) is 5.92 Å². The van der Waals surface area contributed by atoms with E-state index in [4.69, 9.17) is 4.98 Å². The fourth-order valence-corrected chi connectivity index (χ4v) is 3.68. The molecule has 0 spiro atoms. The maximum atomic E-state index is 4.90. The molecule has 3 nitrogen and oxygen atoms in total. The molecule has 0 bridgehead atoms. The molecule has 0 radical (unpaired) electrons. The summed E-state index contributed by atoms with van der Waals surface area (Å²) in [5.74, 6) is 0.458. The first-order chi connectivity index (χ1) is 10.2. The van der Waals surface area contributed by atoms with Crippen LogP contribution < -0.4 is 5.32 Å². The molecule has 1 saturated carbocycles. The summed E-state index contributed by atoms with van der Waals surface area (Å²) in [5, 5.41) is 4.68. The Kier molecular flexibility index (Phi) is 4.36. The van der Waals surface area contributed by atoms with Crippen molar-refractivity contribution in [2.24, 2.45) is 0 Å². The molecule has 1 aliphatic carbocycles. The third-order valence-electron chi connectivity index (χ3n) is 3.88. The lowest BCUT2D eigenvalue weighted by Crippen LogP contribution is -2.15. The Hall–Kier alpha value is -1.26. The van der Waals surface area contributed by atoms with E-state index in [2.05, 4.69) is 37.1 Å². The molecule has 0 aromatic carbocycles. The van der Waals surface area contributed by atoms with Crippen LogP contribution in [0.2, 0.25) is 0 Å². The summed E-state index contributed by atoms with van der Waals surface area (Å²) in [6, 6.07) is 4.90. The summed E-state index contributed by atoms with van der Waals surface area (Å²) in [4.78, 5) is 10.8. The summed E-state index contributed by atoms with van der Waals surface area (Å²) in [6.45, 7) is 7.56. The zero-order valence-electron chi connectivity index (χ0n) is 13.0. The molecule has 0 saturated heterocycles. The highest BCUT2D eigenvalue weighted by molar-refractivity contribution is 7.15. The number of nitrogens with zero attached hydrogens (tertiary/aromatic N) is 2. The molecule has 1 aliphatic rings. The monoisotopic (exact) mass is 301 g/mol. The second-order valence-electron chi connectivity index (χ2n) is 6.00. The number of rotatable bonds is 6. The molecule has 0 amide bonds. The van der Waals surface area contributed by atoms with E-state index in [-0.39, 0.29) is 0 Å². The molecular formula is C17H23N3S. The highest BCUT2D eigenvalue weighted by Gasteiger charge is 2.23. The minimum atomic E-state index is 0.458. The van der Waals surface area contributed by atoms with Crippen LogP contribution in [0, 0.1) is 0 Å². The average molecular weight is 301 g/mol. The van der Waals surface area contributed by atoms with Gasteiger partial charge in [-0.15, -0.1) is 11.3 Å². The highest BCUT2D eigenvalue weighted by Crippen LogP contribution is 2.33. The second-order valence-corrected chi connectivity index (χ2v) is 7.09. The van der Waals surface area contributed by atoms with E-state index >= 15 is 0 Å². The summed E-state index contributed by atoms with van der Waals surface area (Å²) >= 11 is 1.80. The van der Waals surface area contributed by atoms with Gasteiger partial charge >= 0.3 is 0 Å². The number of thiazole rings is 1. The maximum absolute atomic E-state index is 4.90. The van der Waals surface area contributed by atoms with Gasteiger partial charge < -0.3 is 5.32 Å². The molecule has 1 N–H and O–H groups in total. The Balaban J connectivity index is 1.92. The first-order valence-electron chi connectivity index (χ1n) is 7.86. The maximum Gasteiger partial charge on any atom is 0.142 e. The lowest BCUT2D eigenvalue weighted by atomic mass is 10.1. The van der Waals surface area contributed by atoms with Crippen molar-refractivity contribution in [3.05, 3.63) is 34.5 Å². The molecule has 2 aromatic rings. The van der Waals surface area contributed by atoms with Crippen molar-refractivity contribution in [2.45, 2.75) is 58.5 Å². The molecule has 0 aliphatic heterocycles. The fraction of sp³-hybridized carbons (Fsp3) is 0.529. The molecule has 2 heterocycles. The minimum Gasteiger partial charge on any atom is -0.309 e. The first-order valence-corrected chi connectivity index (χ1v) is 8.68. The van der Waals surface area contributed by atoms with Crippen LogP contribution in [-0.2, 0) is 13.0 Å². The van der Waals surface area contributed by atoms with Gasteiger partial charge in [-0.3, -0.25) is 4.98 Å². The van der Waals surface area contributed by atoms with Crippen molar-refractivity contribution < 1.29 is 0 Å². The zero-order valence-corrected chi connectivity index (χ0v) is 13.8. The van der Waals surface area contributed by atoms with Crippen molar-refractivity contribution in [1.29, 1.82) is 0 Å². The van der Waals surface area contributed by atoms with Gasteiger partial charge in [0.2, 0.25) is 0 Å². The molecule has 21 heavy (non-hydrogen) atoms. The topological polar surface area (TPSA) is 37.8 Å². The Morgan fingerprint density at radius 1 is 1.38 bits per heavy atom. The quantitative estimate of drug-likeness (QED) is 0.871. The lowest BCUT2D eigenvalue weighted by molar-refractivity contribution is 0.681. The molecule has 2 aromatic heterocycles. The largest absolute Gasteiger partial charge is 0.309 e. The van der Waals surface area contributed by atoms with Gasteiger partial charge in [-0.25, -0.2) is 4.98 Å². The van der Waals surface area contributed by atoms with Crippen molar-refractivity contribution in [1.82, 2.24) is 15.3 Å². The van der Waals surface area contributed by atoms with Gasteiger partial charge in [-0.1, -0.05) is 26.8 Å². The number of nitrogens with one attached hydrogen (secondary N) is 1. The van der Waals surface area contributed by atoms with Gasteiger partial charge in [0.25, 0.3) is 0 Å². The molecule has 1 fully saturated rings. The van der Waals surface area contributed by atoms with E-state index < -0.39 is 0 Å². The average Bonchev–Trinajstić information content (AvgIpc) is 3.22. The summed E-state index contributed by atoms with van der Waals surface area (Å²) in [5.41, 5.74) is 3.57. The predicted octanol–water partition coefficient (Wildman–Crippen LogP) is 4.14. The summed E-state index contributed by atoms with van der Waals surface area (Å²) in [6.07, 6.45) is 5.51. The molecule has 0 unspecified atom stereocenters. The van der Waals surface area contributed by atoms with E-state index in [9.17, 15) is 0 Å². The van der Waals surface area contributed by atoms with Crippen LogP contribution in [0.1, 0.15) is 55.7 Å². The Morgan fingerprint density at radius 2 is 2.19 bits per heavy atom.